The number of aromatic amines is 1. The number of nitrogens with two attached hydrogens (primary N) is 1. The summed E-state index contributed by atoms with van der Waals surface area (Å²) in [6, 6.07) is 15.1. The van der Waals surface area contributed by atoms with Gasteiger partial charge < -0.3 is 21.4 Å². The normalized spacial score (nSPS) is 11.9. The zero-order valence-corrected chi connectivity index (χ0v) is 19.9. The molecule has 0 aliphatic carbocycles. The molecule has 1 atom stereocenters. The number of halogens is 1. The number of hydrogen-bond donors (Lipinski definition) is 4. The Hall–Kier alpha value is -3.58. The van der Waals surface area contributed by atoms with Crippen LogP contribution in [0.4, 0.5) is 11.6 Å². The molecule has 176 valence electrons. The number of benzene rings is 2. The molecule has 0 saturated heterocycles. The quantitative estimate of drug-likeness (QED) is 0.221. The van der Waals surface area contributed by atoms with Crippen LogP contribution in [0.3, 0.4) is 0 Å². The smallest absolute Gasteiger partial charge is 0.251 e. The molecule has 0 spiro atoms. The molecule has 8 heteroatoms. The maximum Gasteiger partial charge on any atom is 0.251 e. The molecule has 2 heterocycles. The van der Waals surface area contributed by atoms with Gasteiger partial charge in [-0.05, 0) is 43.2 Å². The van der Waals surface area contributed by atoms with E-state index in [-0.39, 0.29) is 11.9 Å². The summed E-state index contributed by atoms with van der Waals surface area (Å²) < 4.78 is 0. The number of fused-ring (bicyclic) bond motifs is 1. The van der Waals surface area contributed by atoms with Crippen LogP contribution in [0.2, 0.25) is 5.02 Å². The van der Waals surface area contributed by atoms with Crippen LogP contribution in [0.1, 0.15) is 43.0 Å². The van der Waals surface area contributed by atoms with Gasteiger partial charge in [-0.3, -0.25) is 4.79 Å². The van der Waals surface area contributed by atoms with Gasteiger partial charge >= 0.3 is 0 Å². The summed E-state index contributed by atoms with van der Waals surface area (Å²) in [5.41, 5.74) is 9.58. The summed E-state index contributed by atoms with van der Waals surface area (Å²) in [7, 11) is 0. The van der Waals surface area contributed by atoms with Gasteiger partial charge in [-0.25, -0.2) is 9.97 Å². The number of nitrogens with one attached hydrogen (secondary N) is 3. The molecule has 1 amide bonds. The lowest BCUT2D eigenvalue weighted by molar-refractivity contribution is 0.0952. The maximum absolute atomic E-state index is 12.4. The average Bonchev–Trinajstić information content (AvgIpc) is 3.28. The van der Waals surface area contributed by atoms with Crippen molar-refractivity contribution >= 4 is 40.0 Å². The fourth-order valence-corrected chi connectivity index (χ4v) is 4.10. The maximum atomic E-state index is 12.4. The van der Waals surface area contributed by atoms with Gasteiger partial charge in [0.2, 0.25) is 5.95 Å². The molecular formula is C26H29ClN6O. The zero-order valence-electron chi connectivity index (χ0n) is 19.1. The Balaban J connectivity index is 1.45. The van der Waals surface area contributed by atoms with Crippen molar-refractivity contribution in [2.24, 2.45) is 0 Å². The van der Waals surface area contributed by atoms with Crippen molar-refractivity contribution in [2.75, 3.05) is 17.6 Å². The SMILES string of the molecule is CCCC[C@H](CCNC(=O)c1ccc(N)cc1)Nc1ncc(Cl)c(-c2c[nH]c3ccccc23)n1. The second-order valence-electron chi connectivity index (χ2n) is 8.29. The third-order valence-electron chi connectivity index (χ3n) is 5.78. The average molecular weight is 477 g/mol. The Labute approximate surface area is 204 Å². The Kier molecular flexibility index (Phi) is 7.65. The Morgan fingerprint density at radius 3 is 2.74 bits per heavy atom. The minimum Gasteiger partial charge on any atom is -0.399 e. The number of rotatable bonds is 10. The second kappa shape index (κ2) is 11.0. The van der Waals surface area contributed by atoms with Crippen molar-refractivity contribution in [1.29, 1.82) is 0 Å². The van der Waals surface area contributed by atoms with E-state index in [0.29, 0.717) is 34.5 Å². The summed E-state index contributed by atoms with van der Waals surface area (Å²) in [4.78, 5) is 24.8. The number of hydrogen-bond acceptors (Lipinski definition) is 5. The van der Waals surface area contributed by atoms with E-state index in [1.165, 1.54) is 0 Å². The third-order valence-corrected chi connectivity index (χ3v) is 6.06. The monoisotopic (exact) mass is 476 g/mol. The van der Waals surface area contributed by atoms with Crippen LogP contribution in [0.25, 0.3) is 22.2 Å². The van der Waals surface area contributed by atoms with Gasteiger partial charge in [0.1, 0.15) is 0 Å². The highest BCUT2D eigenvalue weighted by Crippen LogP contribution is 2.32. The lowest BCUT2D eigenvalue weighted by atomic mass is 10.1. The Bertz CT molecular complexity index is 1250. The molecule has 0 saturated carbocycles. The van der Waals surface area contributed by atoms with Crippen LogP contribution in [0, 0.1) is 0 Å². The van der Waals surface area contributed by atoms with Crippen LogP contribution in [0.5, 0.6) is 0 Å². The molecule has 0 fully saturated rings. The van der Waals surface area contributed by atoms with E-state index in [4.69, 9.17) is 22.3 Å². The van der Waals surface area contributed by atoms with Gasteiger partial charge in [0.15, 0.2) is 0 Å². The van der Waals surface area contributed by atoms with E-state index in [0.717, 1.165) is 42.1 Å². The summed E-state index contributed by atoms with van der Waals surface area (Å²) >= 11 is 6.47. The zero-order chi connectivity index (χ0) is 23.9. The number of carbonyl (C=O) groups is 1. The van der Waals surface area contributed by atoms with Crippen LogP contribution in [-0.2, 0) is 0 Å². The minimum atomic E-state index is -0.112. The van der Waals surface area contributed by atoms with E-state index in [2.05, 4.69) is 27.5 Å². The molecule has 7 nitrogen and oxygen atoms in total. The van der Waals surface area contributed by atoms with Crippen molar-refractivity contribution in [3.8, 4) is 11.3 Å². The van der Waals surface area contributed by atoms with E-state index in [1.54, 1.807) is 30.5 Å². The number of amides is 1. The van der Waals surface area contributed by atoms with Gasteiger partial charge in [0.05, 0.1) is 16.9 Å². The Morgan fingerprint density at radius 1 is 1.15 bits per heavy atom. The first-order chi connectivity index (χ1) is 16.5. The first-order valence-electron chi connectivity index (χ1n) is 11.5. The van der Waals surface area contributed by atoms with Crippen molar-refractivity contribution in [2.45, 2.75) is 38.6 Å². The molecule has 0 unspecified atom stereocenters. The molecular weight excluding hydrogens is 448 g/mol. The van der Waals surface area contributed by atoms with Gasteiger partial charge in [-0.15, -0.1) is 0 Å². The summed E-state index contributed by atoms with van der Waals surface area (Å²) in [6.07, 6.45) is 7.39. The van der Waals surface area contributed by atoms with Gasteiger partial charge in [0, 0.05) is 46.5 Å². The van der Waals surface area contributed by atoms with Crippen LogP contribution in [-0.4, -0.2) is 33.4 Å². The standard InChI is InChI=1S/C26H29ClN6O/c1-2-3-6-19(13-14-29-25(34)17-9-11-18(28)12-10-17)32-26-31-16-22(27)24(33-26)21-15-30-23-8-5-4-7-20(21)23/h4-5,7-12,15-16,19,30H,2-3,6,13-14,28H2,1H3,(H,29,34)(H,31,32,33)/t19-/m1/s1. The highest BCUT2D eigenvalue weighted by molar-refractivity contribution is 6.33. The largest absolute Gasteiger partial charge is 0.399 e. The highest BCUT2D eigenvalue weighted by atomic mass is 35.5. The summed E-state index contributed by atoms with van der Waals surface area (Å²) in [6.45, 7) is 2.70. The van der Waals surface area contributed by atoms with Gasteiger partial charge in [-0.1, -0.05) is 49.6 Å². The Morgan fingerprint density at radius 2 is 1.94 bits per heavy atom. The predicted molar refractivity (Wildman–Crippen MR) is 139 cm³/mol. The first-order valence-corrected chi connectivity index (χ1v) is 11.9. The fourth-order valence-electron chi connectivity index (χ4n) is 3.91. The predicted octanol–water partition coefficient (Wildman–Crippen LogP) is 5.65. The lowest BCUT2D eigenvalue weighted by Gasteiger charge is -2.19. The molecule has 0 aliphatic rings. The molecule has 0 bridgehead atoms. The van der Waals surface area contributed by atoms with E-state index >= 15 is 0 Å². The van der Waals surface area contributed by atoms with Crippen molar-refractivity contribution in [1.82, 2.24) is 20.3 Å². The molecule has 34 heavy (non-hydrogen) atoms. The molecule has 4 aromatic rings. The van der Waals surface area contributed by atoms with E-state index in [1.807, 2.05) is 30.5 Å². The van der Waals surface area contributed by atoms with Crippen LogP contribution >= 0.6 is 11.6 Å². The van der Waals surface area contributed by atoms with Crippen LogP contribution < -0.4 is 16.4 Å². The number of nitrogen functional groups attached to an aromatic ring is 1. The van der Waals surface area contributed by atoms with Crippen LogP contribution in [0.15, 0.2) is 60.9 Å². The minimum absolute atomic E-state index is 0.112. The molecule has 0 radical (unpaired) electrons. The molecule has 4 rings (SSSR count). The number of para-hydroxylation sites is 1. The topological polar surface area (TPSA) is 109 Å². The molecule has 5 N–H and O–H groups in total. The number of H-pyrrole nitrogens is 1. The van der Waals surface area contributed by atoms with Crippen molar-refractivity contribution < 1.29 is 4.79 Å². The van der Waals surface area contributed by atoms with E-state index in [9.17, 15) is 4.79 Å². The molecule has 2 aromatic heterocycles. The summed E-state index contributed by atoms with van der Waals surface area (Å²) in [5, 5.41) is 8.00. The first kappa shape index (κ1) is 23.6. The number of carbonyl (C=O) groups excluding carboxylic acids is 1. The van der Waals surface area contributed by atoms with Crippen molar-refractivity contribution in [3.63, 3.8) is 0 Å². The number of nitrogens with zero attached hydrogens (tertiary/aromatic N) is 2. The summed E-state index contributed by atoms with van der Waals surface area (Å²) in [5.74, 6) is 0.411. The van der Waals surface area contributed by atoms with Gasteiger partial charge in [0.25, 0.3) is 5.91 Å². The number of aromatic nitrogens is 3. The second-order valence-corrected chi connectivity index (χ2v) is 8.70. The third kappa shape index (κ3) is 5.66. The van der Waals surface area contributed by atoms with Crippen molar-refractivity contribution in [3.05, 3.63) is 71.5 Å². The van der Waals surface area contributed by atoms with E-state index < -0.39 is 0 Å². The molecule has 2 aromatic carbocycles. The fraction of sp³-hybridized carbons (Fsp3) is 0.269. The number of unbranched alkanes of at least 4 members (excludes halogenated alkanes) is 1. The lowest BCUT2D eigenvalue weighted by Crippen LogP contribution is -2.30. The number of anilines is 2. The highest BCUT2D eigenvalue weighted by Gasteiger charge is 2.16. The molecule has 0 aliphatic heterocycles. The van der Waals surface area contributed by atoms with Gasteiger partial charge in [-0.2, -0.15) is 0 Å².